The maximum atomic E-state index is 13.9. The van der Waals surface area contributed by atoms with Gasteiger partial charge in [0, 0.05) is 35.5 Å². The van der Waals surface area contributed by atoms with Crippen LogP contribution in [0.5, 0.6) is 5.75 Å². The summed E-state index contributed by atoms with van der Waals surface area (Å²) in [5, 5.41) is 8.98. The number of nitrogens with zero attached hydrogens (tertiary/aromatic N) is 1. The predicted octanol–water partition coefficient (Wildman–Crippen LogP) is 4.49. The van der Waals surface area contributed by atoms with E-state index < -0.39 is 11.6 Å². The van der Waals surface area contributed by atoms with Gasteiger partial charge in [-0.1, -0.05) is 58.4 Å². The first-order valence-electron chi connectivity index (χ1n) is 12.5. The van der Waals surface area contributed by atoms with E-state index in [-0.39, 0.29) is 12.5 Å². The lowest BCUT2D eigenvalue weighted by molar-refractivity contribution is -0.130. The summed E-state index contributed by atoms with van der Waals surface area (Å²) in [7, 11) is 0. The first-order valence-corrected chi connectivity index (χ1v) is 13.3. The van der Waals surface area contributed by atoms with Crippen LogP contribution < -0.4 is 15.6 Å². The Kier molecular flexibility index (Phi) is 7.88. The van der Waals surface area contributed by atoms with Crippen molar-refractivity contribution in [2.45, 2.75) is 43.4 Å². The van der Waals surface area contributed by atoms with Gasteiger partial charge in [0.2, 0.25) is 5.90 Å². The Bertz CT molecular complexity index is 1230. The van der Waals surface area contributed by atoms with Crippen LogP contribution in [0.25, 0.3) is 0 Å². The van der Waals surface area contributed by atoms with Crippen molar-refractivity contribution in [2.75, 3.05) is 13.2 Å². The molecular weight excluding hydrogens is 534 g/mol. The summed E-state index contributed by atoms with van der Waals surface area (Å²) in [6.07, 6.45) is 2.40. The number of ether oxygens (including phenoxy) is 2. The van der Waals surface area contributed by atoms with Crippen LogP contribution in [0.1, 0.15) is 42.1 Å². The molecule has 7 nitrogen and oxygen atoms in total. The highest BCUT2D eigenvalue weighted by Crippen LogP contribution is 2.42. The van der Waals surface area contributed by atoms with Crippen molar-refractivity contribution < 1.29 is 19.4 Å². The zero-order valence-electron chi connectivity index (χ0n) is 20.4. The average molecular weight is 564 g/mol. The van der Waals surface area contributed by atoms with Gasteiger partial charge in [0.1, 0.15) is 5.75 Å². The highest BCUT2D eigenvalue weighted by atomic mass is 79.9. The van der Waals surface area contributed by atoms with Crippen molar-refractivity contribution in [2.24, 2.45) is 4.99 Å². The summed E-state index contributed by atoms with van der Waals surface area (Å²) in [4.78, 5) is 18.9. The van der Waals surface area contributed by atoms with Gasteiger partial charge in [-0.3, -0.25) is 10.2 Å². The van der Waals surface area contributed by atoms with E-state index in [1.165, 1.54) is 0 Å². The van der Waals surface area contributed by atoms with Crippen LogP contribution in [0.2, 0.25) is 0 Å². The summed E-state index contributed by atoms with van der Waals surface area (Å²) < 4.78 is 13.1. The number of carbonyl (C=O) groups excluding carboxylic acids is 1. The molecule has 2 aliphatic rings. The van der Waals surface area contributed by atoms with E-state index in [2.05, 4.69) is 26.8 Å². The van der Waals surface area contributed by atoms with E-state index in [1.807, 2.05) is 78.9 Å². The Morgan fingerprint density at radius 1 is 1.05 bits per heavy atom. The largest absolute Gasteiger partial charge is 0.494 e. The molecule has 1 amide bonds. The lowest BCUT2D eigenvalue weighted by Gasteiger charge is -2.31. The predicted molar refractivity (Wildman–Crippen MR) is 145 cm³/mol. The number of hydrazine groups is 1. The molecule has 0 radical (unpaired) electrons. The van der Waals surface area contributed by atoms with Crippen molar-refractivity contribution in [1.29, 1.82) is 0 Å². The number of carbonyl (C=O) groups is 1. The third kappa shape index (κ3) is 6.04. The maximum Gasteiger partial charge on any atom is 0.266 e. The fourth-order valence-corrected chi connectivity index (χ4v) is 4.59. The van der Waals surface area contributed by atoms with Gasteiger partial charge >= 0.3 is 0 Å². The van der Waals surface area contributed by atoms with E-state index >= 15 is 0 Å². The summed E-state index contributed by atoms with van der Waals surface area (Å²) in [5.41, 5.74) is 7.49. The molecule has 0 bridgehead atoms. The quantitative estimate of drug-likeness (QED) is 0.236. The van der Waals surface area contributed by atoms with Crippen molar-refractivity contribution in [3.8, 4) is 5.75 Å². The number of aliphatic hydroxyl groups excluding tert-OH is 1. The minimum absolute atomic E-state index is 0.0850. The van der Waals surface area contributed by atoms with Gasteiger partial charge in [0.25, 0.3) is 5.91 Å². The van der Waals surface area contributed by atoms with Crippen LogP contribution in [-0.4, -0.2) is 41.7 Å². The molecule has 3 aromatic rings. The van der Waals surface area contributed by atoms with Crippen molar-refractivity contribution in [3.63, 3.8) is 0 Å². The Morgan fingerprint density at radius 2 is 1.78 bits per heavy atom. The molecule has 1 aliphatic heterocycles. The van der Waals surface area contributed by atoms with Crippen LogP contribution in [0, 0.1) is 0 Å². The van der Waals surface area contributed by atoms with E-state index in [4.69, 9.17) is 19.6 Å². The van der Waals surface area contributed by atoms with Crippen molar-refractivity contribution in [3.05, 3.63) is 100 Å². The average Bonchev–Trinajstić information content (AvgIpc) is 3.68. The minimum Gasteiger partial charge on any atom is -0.494 e. The minimum atomic E-state index is -1.22. The van der Waals surface area contributed by atoms with E-state index in [0.29, 0.717) is 37.1 Å². The number of amides is 1. The van der Waals surface area contributed by atoms with Crippen LogP contribution in [0.15, 0.2) is 88.3 Å². The summed E-state index contributed by atoms with van der Waals surface area (Å²) in [5.74, 6) is 0.882. The number of benzene rings is 3. The SMILES string of the molecule is O=C(NNC1CC1)[C@@]1(Cc2ccc(Br)cc2)N=C(c2ccc(OCCCO)cc2)O[C@H]1c1ccccc1. The molecule has 1 fully saturated rings. The topological polar surface area (TPSA) is 92.2 Å². The van der Waals surface area contributed by atoms with E-state index in [1.54, 1.807) is 0 Å². The second-order valence-electron chi connectivity index (χ2n) is 9.38. The third-order valence-electron chi connectivity index (χ3n) is 6.49. The second kappa shape index (κ2) is 11.5. The number of nitrogens with one attached hydrogen (secondary N) is 2. The van der Waals surface area contributed by atoms with E-state index in [9.17, 15) is 4.79 Å². The molecule has 0 unspecified atom stereocenters. The van der Waals surface area contributed by atoms with Gasteiger partial charge in [0.05, 0.1) is 6.61 Å². The molecule has 1 heterocycles. The molecule has 5 rings (SSSR count). The normalized spacial score (nSPS) is 20.7. The molecule has 3 aromatic carbocycles. The molecule has 3 N–H and O–H groups in total. The highest BCUT2D eigenvalue weighted by molar-refractivity contribution is 9.10. The standard InChI is InChI=1S/C29H30BrN3O4/c30-23-11-7-20(8-12-23)19-29(28(35)33-32-24-13-14-24)26(21-5-2-1-3-6-21)37-27(31-29)22-9-15-25(16-10-22)36-18-4-17-34/h1-3,5-12,15-16,24,26,32,34H,4,13-14,17-19H2,(H,33,35)/t26-,29-/m0/s1. The maximum absolute atomic E-state index is 13.9. The smallest absolute Gasteiger partial charge is 0.266 e. The molecule has 192 valence electrons. The van der Waals surface area contributed by atoms with Crippen LogP contribution in [0.3, 0.4) is 0 Å². The monoisotopic (exact) mass is 563 g/mol. The number of aliphatic hydroxyl groups is 1. The molecule has 0 aromatic heterocycles. The third-order valence-corrected chi connectivity index (χ3v) is 7.01. The second-order valence-corrected chi connectivity index (χ2v) is 10.3. The lowest BCUT2D eigenvalue weighted by Crippen LogP contribution is -2.54. The van der Waals surface area contributed by atoms with Crippen LogP contribution in [0.4, 0.5) is 0 Å². The number of aliphatic imine (C=N–C) groups is 1. The van der Waals surface area contributed by atoms with Crippen LogP contribution >= 0.6 is 15.9 Å². The van der Waals surface area contributed by atoms with Gasteiger partial charge in [-0.15, -0.1) is 0 Å². The lowest BCUT2D eigenvalue weighted by atomic mass is 9.82. The first kappa shape index (κ1) is 25.4. The summed E-state index contributed by atoms with van der Waals surface area (Å²) >= 11 is 3.50. The van der Waals surface area contributed by atoms with Gasteiger partial charge in [-0.2, -0.15) is 0 Å². The van der Waals surface area contributed by atoms with Gasteiger partial charge in [-0.25, -0.2) is 10.4 Å². The molecule has 1 saturated carbocycles. The Balaban J connectivity index is 1.52. The summed E-state index contributed by atoms with van der Waals surface area (Å²) in [6, 6.07) is 25.5. The van der Waals surface area contributed by atoms with Gasteiger partial charge < -0.3 is 14.6 Å². The fraction of sp³-hybridized carbons (Fsp3) is 0.310. The molecule has 8 heteroatoms. The zero-order valence-corrected chi connectivity index (χ0v) is 22.0. The molecule has 1 aliphatic carbocycles. The molecule has 2 atom stereocenters. The Hall–Kier alpha value is -3.20. The summed E-state index contributed by atoms with van der Waals surface area (Å²) in [6.45, 7) is 0.523. The van der Waals surface area contributed by atoms with E-state index in [0.717, 1.165) is 34.0 Å². The number of hydrogen-bond donors (Lipinski definition) is 3. The van der Waals surface area contributed by atoms with Crippen molar-refractivity contribution >= 4 is 27.7 Å². The van der Waals surface area contributed by atoms with Gasteiger partial charge in [0.15, 0.2) is 11.6 Å². The van der Waals surface area contributed by atoms with Gasteiger partial charge in [-0.05, 0) is 60.4 Å². The molecule has 0 saturated heterocycles. The number of hydrogen-bond acceptors (Lipinski definition) is 6. The zero-order chi connectivity index (χ0) is 25.7. The van der Waals surface area contributed by atoms with Crippen molar-refractivity contribution in [1.82, 2.24) is 10.9 Å². The number of halogens is 1. The molecule has 37 heavy (non-hydrogen) atoms. The first-order chi connectivity index (χ1) is 18.1. The molecular formula is C29H30BrN3O4. The highest BCUT2D eigenvalue weighted by Gasteiger charge is 2.53. The Labute approximate surface area is 225 Å². The van der Waals surface area contributed by atoms with Crippen LogP contribution in [-0.2, 0) is 16.0 Å². The Morgan fingerprint density at radius 3 is 2.46 bits per heavy atom. The molecule has 0 spiro atoms. The number of rotatable bonds is 11. The fourth-order valence-electron chi connectivity index (χ4n) is 4.33.